The van der Waals surface area contributed by atoms with Crippen LogP contribution < -0.4 is 10.6 Å². The zero-order valence-electron chi connectivity index (χ0n) is 15.2. The van der Waals surface area contributed by atoms with E-state index in [2.05, 4.69) is 32.7 Å². The predicted molar refractivity (Wildman–Crippen MR) is 107 cm³/mol. The Morgan fingerprint density at radius 1 is 1.37 bits per heavy atom. The van der Waals surface area contributed by atoms with Gasteiger partial charge in [-0.2, -0.15) is 0 Å². The number of aliphatic hydroxyl groups excluding tert-OH is 1. The first kappa shape index (κ1) is 17.9. The molecule has 8 heteroatoms. The van der Waals surface area contributed by atoms with Crippen molar-refractivity contribution in [3.8, 4) is 0 Å². The monoisotopic (exact) mass is 385 g/mol. The van der Waals surface area contributed by atoms with Gasteiger partial charge < -0.3 is 20.3 Å². The first-order chi connectivity index (χ1) is 13.1. The van der Waals surface area contributed by atoms with Crippen LogP contribution >= 0.6 is 11.3 Å². The topological polar surface area (TPSA) is 92.1 Å². The minimum atomic E-state index is -0.291. The van der Waals surface area contributed by atoms with E-state index in [9.17, 15) is 9.90 Å². The number of thiazole rings is 1. The molecule has 0 bridgehead atoms. The number of hydrogen-bond acceptors (Lipinski definition) is 6. The summed E-state index contributed by atoms with van der Waals surface area (Å²) in [6.45, 7) is 2.14. The maximum atomic E-state index is 11.1. The number of rotatable bonds is 5. The number of anilines is 2. The normalized spacial score (nSPS) is 19.9. The molecule has 142 valence electrons. The lowest BCUT2D eigenvalue weighted by atomic mass is 9.93. The molecular weight excluding hydrogens is 362 g/mol. The van der Waals surface area contributed by atoms with Gasteiger partial charge in [-0.25, -0.2) is 9.97 Å². The summed E-state index contributed by atoms with van der Waals surface area (Å²) in [4.78, 5) is 19.9. The van der Waals surface area contributed by atoms with E-state index in [1.54, 1.807) is 17.7 Å². The van der Waals surface area contributed by atoms with E-state index in [4.69, 9.17) is 0 Å². The third kappa shape index (κ3) is 4.28. The van der Waals surface area contributed by atoms with Crippen LogP contribution in [0.2, 0.25) is 0 Å². The molecule has 27 heavy (non-hydrogen) atoms. The Morgan fingerprint density at radius 3 is 3.04 bits per heavy atom. The average Bonchev–Trinajstić information content (AvgIpc) is 3.22. The summed E-state index contributed by atoms with van der Waals surface area (Å²) >= 11 is 1.62. The van der Waals surface area contributed by atoms with Crippen molar-refractivity contribution in [3.63, 3.8) is 0 Å². The number of amides is 1. The van der Waals surface area contributed by atoms with Crippen LogP contribution in [0.25, 0.3) is 10.2 Å². The number of carbonyl (C=O) groups is 1. The zero-order chi connectivity index (χ0) is 18.8. The molecule has 1 amide bonds. The fraction of sp³-hybridized carbons (Fsp3) is 0.421. The number of nitrogens with one attached hydrogen (secondary N) is 2. The molecule has 0 aliphatic heterocycles. The average molecular weight is 385 g/mol. The summed E-state index contributed by atoms with van der Waals surface area (Å²) in [5, 5.41) is 17.1. The summed E-state index contributed by atoms with van der Waals surface area (Å²) in [6, 6.07) is 6.30. The number of aromatic nitrogens is 3. The Bertz CT molecular complexity index is 951. The molecular formula is C19H23N5O2S. The smallest absolute Gasteiger partial charge is 0.222 e. The van der Waals surface area contributed by atoms with Gasteiger partial charge in [-0.3, -0.25) is 4.79 Å². The molecule has 4 rings (SSSR count). The van der Waals surface area contributed by atoms with Crippen molar-refractivity contribution in [2.75, 3.05) is 10.6 Å². The van der Waals surface area contributed by atoms with Crippen molar-refractivity contribution in [2.24, 2.45) is 0 Å². The Hall–Kier alpha value is -2.45. The summed E-state index contributed by atoms with van der Waals surface area (Å²) in [5.74, 6) is 0.424. The van der Waals surface area contributed by atoms with Gasteiger partial charge in [0.1, 0.15) is 0 Å². The Kier molecular flexibility index (Phi) is 5.09. The van der Waals surface area contributed by atoms with Gasteiger partial charge in [0.2, 0.25) is 5.91 Å². The fourth-order valence-corrected chi connectivity index (χ4v) is 4.46. The summed E-state index contributed by atoms with van der Waals surface area (Å²) < 4.78 is 3.05. The van der Waals surface area contributed by atoms with Crippen LogP contribution in [-0.2, 0) is 11.3 Å². The third-order valence-corrected chi connectivity index (χ3v) is 5.74. The molecule has 2 atom stereocenters. The molecule has 0 radical (unpaired) electrons. The van der Waals surface area contributed by atoms with Gasteiger partial charge in [-0.1, -0.05) is 30.2 Å². The van der Waals surface area contributed by atoms with Crippen LogP contribution in [0.3, 0.4) is 0 Å². The minimum Gasteiger partial charge on any atom is -0.391 e. The van der Waals surface area contributed by atoms with Crippen LogP contribution in [0.1, 0.15) is 38.2 Å². The van der Waals surface area contributed by atoms with Gasteiger partial charge in [-0.05, 0) is 30.5 Å². The number of hydrogen-bond donors (Lipinski definition) is 3. The zero-order valence-corrected chi connectivity index (χ0v) is 16.0. The number of benzene rings is 1. The maximum absolute atomic E-state index is 11.1. The van der Waals surface area contributed by atoms with Crippen molar-refractivity contribution >= 4 is 38.4 Å². The Balaban J connectivity index is 1.47. The minimum absolute atomic E-state index is 0.0944. The van der Waals surface area contributed by atoms with Crippen LogP contribution in [0.4, 0.5) is 10.9 Å². The molecule has 1 saturated carbocycles. The highest BCUT2D eigenvalue weighted by Gasteiger charge is 2.23. The SMILES string of the molecule is CC(=O)Nc1cn(Cc2ccc3nc(N[C@@H]4CCCC[C@H]4O)sc3c2)cn1. The van der Waals surface area contributed by atoms with Gasteiger partial charge in [0.25, 0.3) is 0 Å². The highest BCUT2D eigenvalue weighted by Crippen LogP contribution is 2.30. The van der Waals surface area contributed by atoms with E-state index in [0.717, 1.165) is 46.6 Å². The first-order valence-corrected chi connectivity index (χ1v) is 10.0. The van der Waals surface area contributed by atoms with E-state index in [0.29, 0.717) is 12.4 Å². The molecule has 1 aliphatic carbocycles. The van der Waals surface area contributed by atoms with Crippen LogP contribution in [0.15, 0.2) is 30.7 Å². The number of aliphatic hydroxyl groups is 1. The molecule has 0 saturated heterocycles. The molecule has 1 fully saturated rings. The summed E-state index contributed by atoms with van der Waals surface area (Å²) in [5.41, 5.74) is 2.10. The molecule has 7 nitrogen and oxygen atoms in total. The van der Waals surface area contributed by atoms with Crippen LogP contribution in [-0.4, -0.2) is 37.7 Å². The lowest BCUT2D eigenvalue weighted by molar-refractivity contribution is -0.114. The number of fused-ring (bicyclic) bond motifs is 1. The van der Waals surface area contributed by atoms with Crippen molar-refractivity contribution in [2.45, 2.75) is 51.3 Å². The van der Waals surface area contributed by atoms with Crippen molar-refractivity contribution < 1.29 is 9.90 Å². The second kappa shape index (κ2) is 7.66. The molecule has 2 heterocycles. The molecule has 1 aromatic carbocycles. The fourth-order valence-electron chi connectivity index (χ4n) is 3.47. The van der Waals surface area contributed by atoms with Crippen molar-refractivity contribution in [1.29, 1.82) is 0 Å². The third-order valence-electron chi connectivity index (χ3n) is 4.79. The second-order valence-electron chi connectivity index (χ2n) is 7.04. The number of nitrogens with zero attached hydrogens (tertiary/aromatic N) is 3. The predicted octanol–water partition coefficient (Wildman–Crippen LogP) is 3.21. The lowest BCUT2D eigenvalue weighted by Crippen LogP contribution is -2.36. The highest BCUT2D eigenvalue weighted by atomic mass is 32.1. The van der Waals surface area contributed by atoms with Gasteiger partial charge >= 0.3 is 0 Å². The Labute approximate surface area is 161 Å². The standard InChI is InChI=1S/C19H23N5O2S/c1-12(25)21-18-10-24(11-20-18)9-13-6-7-15-17(8-13)27-19(23-15)22-14-4-2-3-5-16(14)26/h6-8,10-11,14,16,26H,2-5,9H2,1H3,(H,21,25)(H,22,23)/t14-,16-/m1/s1. The molecule has 0 spiro atoms. The molecule has 1 aliphatic rings. The van der Waals surface area contributed by atoms with Gasteiger partial charge in [0.05, 0.1) is 28.7 Å². The van der Waals surface area contributed by atoms with Gasteiger partial charge in [-0.15, -0.1) is 0 Å². The van der Waals surface area contributed by atoms with E-state index < -0.39 is 0 Å². The van der Waals surface area contributed by atoms with Crippen LogP contribution in [0, 0.1) is 0 Å². The van der Waals surface area contributed by atoms with Crippen LogP contribution in [0.5, 0.6) is 0 Å². The highest BCUT2D eigenvalue weighted by molar-refractivity contribution is 7.22. The lowest BCUT2D eigenvalue weighted by Gasteiger charge is -2.27. The van der Waals surface area contributed by atoms with Crippen molar-refractivity contribution in [1.82, 2.24) is 14.5 Å². The van der Waals surface area contributed by atoms with E-state index >= 15 is 0 Å². The molecule has 3 aromatic rings. The molecule has 2 aromatic heterocycles. The van der Waals surface area contributed by atoms with E-state index in [1.807, 2.05) is 16.8 Å². The van der Waals surface area contributed by atoms with Gasteiger partial charge in [0, 0.05) is 19.7 Å². The summed E-state index contributed by atoms with van der Waals surface area (Å²) in [7, 11) is 0. The largest absolute Gasteiger partial charge is 0.391 e. The molecule has 3 N–H and O–H groups in total. The second-order valence-corrected chi connectivity index (χ2v) is 8.07. The van der Waals surface area contributed by atoms with E-state index in [-0.39, 0.29) is 18.1 Å². The van der Waals surface area contributed by atoms with Gasteiger partial charge in [0.15, 0.2) is 10.9 Å². The number of carbonyl (C=O) groups excluding carboxylic acids is 1. The summed E-state index contributed by atoms with van der Waals surface area (Å²) in [6.07, 6.45) is 7.32. The quantitative estimate of drug-likeness (QED) is 0.627. The molecule has 0 unspecified atom stereocenters. The first-order valence-electron chi connectivity index (χ1n) is 9.20. The number of imidazole rings is 1. The van der Waals surface area contributed by atoms with Crippen molar-refractivity contribution in [3.05, 3.63) is 36.3 Å². The Morgan fingerprint density at radius 2 is 2.22 bits per heavy atom. The maximum Gasteiger partial charge on any atom is 0.222 e. The van der Waals surface area contributed by atoms with E-state index in [1.165, 1.54) is 6.92 Å².